The van der Waals surface area contributed by atoms with Crippen molar-refractivity contribution < 1.29 is 4.84 Å². The number of rotatable bonds is 6. The van der Waals surface area contributed by atoms with E-state index in [0.29, 0.717) is 0 Å². The first-order chi connectivity index (χ1) is 12.7. The van der Waals surface area contributed by atoms with Crippen molar-refractivity contribution in [3.05, 3.63) is 58.2 Å². The Kier molecular flexibility index (Phi) is 5.99. The fourth-order valence-corrected chi connectivity index (χ4v) is 2.74. The van der Waals surface area contributed by atoms with Crippen LogP contribution in [0.3, 0.4) is 0 Å². The van der Waals surface area contributed by atoms with Crippen molar-refractivity contribution in [1.29, 1.82) is 5.41 Å². The number of hydroxylamine groups is 1. The van der Waals surface area contributed by atoms with Crippen LogP contribution in [0.4, 0.5) is 0 Å². The first-order valence-corrected chi connectivity index (χ1v) is 8.75. The van der Waals surface area contributed by atoms with Crippen molar-refractivity contribution in [2.24, 2.45) is 4.99 Å². The van der Waals surface area contributed by atoms with Crippen LogP contribution in [0.15, 0.2) is 41.5 Å². The molecule has 136 valence electrons. The molecule has 1 fully saturated rings. The third-order valence-electron chi connectivity index (χ3n) is 4.40. The van der Waals surface area contributed by atoms with Gasteiger partial charge in [0.05, 0.1) is 0 Å². The molecule has 0 atom stereocenters. The van der Waals surface area contributed by atoms with Crippen molar-refractivity contribution in [2.45, 2.75) is 19.6 Å². The number of amidine groups is 1. The zero-order chi connectivity index (χ0) is 18.4. The largest absolute Gasteiger partial charge is 0.343 e. The number of hydrogen-bond donors (Lipinski definition) is 3. The van der Waals surface area contributed by atoms with Gasteiger partial charge in [0.15, 0.2) is 0 Å². The van der Waals surface area contributed by atoms with E-state index < -0.39 is 0 Å². The first kappa shape index (κ1) is 18.1. The highest BCUT2D eigenvalue weighted by Gasteiger charge is 2.18. The van der Waals surface area contributed by atoms with Crippen LogP contribution in [0.5, 0.6) is 0 Å². The highest BCUT2D eigenvalue weighted by molar-refractivity contribution is 5.95. The van der Waals surface area contributed by atoms with Crippen molar-refractivity contribution >= 4 is 24.2 Å². The molecule has 1 saturated heterocycles. The Morgan fingerprint density at radius 3 is 2.73 bits per heavy atom. The molecule has 6 nitrogen and oxygen atoms in total. The lowest BCUT2D eigenvalue weighted by molar-refractivity contribution is -0.0191. The Morgan fingerprint density at radius 1 is 1.35 bits per heavy atom. The Bertz CT molecular complexity index is 891. The van der Waals surface area contributed by atoms with Crippen molar-refractivity contribution in [3.8, 4) is 0 Å². The van der Waals surface area contributed by atoms with E-state index in [4.69, 9.17) is 10.2 Å². The van der Waals surface area contributed by atoms with Gasteiger partial charge < -0.3 is 9.88 Å². The molecule has 0 aliphatic carbocycles. The Hall–Kier alpha value is -2.70. The van der Waals surface area contributed by atoms with Crippen LogP contribution in [0.2, 0.25) is 0 Å². The second-order valence-corrected chi connectivity index (χ2v) is 6.22. The molecule has 2 heterocycles. The summed E-state index contributed by atoms with van der Waals surface area (Å²) in [7, 11) is 1.77. The molecule has 0 spiro atoms. The summed E-state index contributed by atoms with van der Waals surface area (Å²) in [6.45, 7) is 4.46. The summed E-state index contributed by atoms with van der Waals surface area (Å²) in [4.78, 5) is 9.48. The molecule has 6 heteroatoms. The van der Waals surface area contributed by atoms with E-state index in [0.717, 1.165) is 30.5 Å². The van der Waals surface area contributed by atoms with Crippen molar-refractivity contribution in [3.63, 3.8) is 0 Å². The molecule has 0 unspecified atom stereocenters. The van der Waals surface area contributed by atoms with Gasteiger partial charge in [-0.1, -0.05) is 30.3 Å². The summed E-state index contributed by atoms with van der Waals surface area (Å²) < 4.78 is 2.20. The summed E-state index contributed by atoms with van der Waals surface area (Å²) in [6.07, 6.45) is 8.17. The fraction of sp³-hybridized carbons (Fsp3) is 0.300. The second-order valence-electron chi connectivity index (χ2n) is 6.22. The molecule has 1 aromatic heterocycles. The van der Waals surface area contributed by atoms with E-state index in [-0.39, 0.29) is 11.9 Å². The molecule has 1 aliphatic rings. The highest BCUT2D eigenvalue weighted by atomic mass is 16.7. The van der Waals surface area contributed by atoms with Crippen molar-refractivity contribution in [1.82, 2.24) is 15.4 Å². The van der Waals surface area contributed by atoms with Crippen LogP contribution in [0.25, 0.3) is 12.2 Å². The zero-order valence-corrected chi connectivity index (χ0v) is 15.2. The molecule has 1 aliphatic heterocycles. The topological polar surface area (TPSA) is 74.4 Å². The van der Waals surface area contributed by atoms with Gasteiger partial charge in [0.2, 0.25) is 0 Å². The molecule has 0 radical (unpaired) electrons. The lowest BCUT2D eigenvalue weighted by Crippen LogP contribution is -2.51. The summed E-state index contributed by atoms with van der Waals surface area (Å²) in [5.74, 6) is 0.278. The third-order valence-corrected chi connectivity index (χ3v) is 4.40. The second kappa shape index (κ2) is 8.60. The zero-order valence-electron chi connectivity index (χ0n) is 15.2. The van der Waals surface area contributed by atoms with Gasteiger partial charge in [-0.25, -0.2) is 5.48 Å². The van der Waals surface area contributed by atoms with E-state index in [1.54, 1.807) is 7.05 Å². The van der Waals surface area contributed by atoms with E-state index in [9.17, 15) is 0 Å². The van der Waals surface area contributed by atoms with Crippen LogP contribution >= 0.6 is 0 Å². The predicted molar refractivity (Wildman–Crippen MR) is 106 cm³/mol. The lowest BCUT2D eigenvalue weighted by atomic mass is 10.1. The Labute approximate surface area is 153 Å². The minimum absolute atomic E-state index is 0.147. The molecule has 0 saturated carbocycles. The van der Waals surface area contributed by atoms with Crippen molar-refractivity contribution in [2.75, 3.05) is 20.1 Å². The highest BCUT2D eigenvalue weighted by Crippen LogP contribution is 2.06. The van der Waals surface area contributed by atoms with Gasteiger partial charge in [-0.3, -0.25) is 15.2 Å². The van der Waals surface area contributed by atoms with Crippen LogP contribution in [-0.2, 0) is 11.4 Å². The van der Waals surface area contributed by atoms with Crippen LogP contribution in [-0.4, -0.2) is 42.9 Å². The standard InChI is InChI=1S/C20H25N5O/c1-3-16-9-11-25(19(16)8-10-22-2)14-15-4-6-17(7-5-15)20(21)24-26-18-12-23-13-18/h3-11,18,23H,12-14H2,1-2H3,(H2,21,24)/b16-3-,19-8+,22-10+. The number of nitrogens with one attached hydrogen (secondary N) is 3. The lowest BCUT2D eigenvalue weighted by Gasteiger charge is -2.26. The Balaban J connectivity index is 1.69. The van der Waals surface area contributed by atoms with Gasteiger partial charge >= 0.3 is 0 Å². The maximum Gasteiger partial charge on any atom is 0.149 e. The normalized spacial score (nSPS) is 16.2. The van der Waals surface area contributed by atoms with Crippen LogP contribution in [0.1, 0.15) is 18.1 Å². The molecule has 0 amide bonds. The predicted octanol–water partition coefficient (Wildman–Crippen LogP) is 0.636. The van der Waals surface area contributed by atoms with Gasteiger partial charge in [-0.15, -0.1) is 0 Å². The Morgan fingerprint density at radius 2 is 2.12 bits per heavy atom. The summed E-state index contributed by atoms with van der Waals surface area (Å²) >= 11 is 0. The molecule has 2 aromatic rings. The quantitative estimate of drug-likeness (QED) is 0.406. The molecule has 3 rings (SSSR count). The minimum Gasteiger partial charge on any atom is -0.343 e. The van der Waals surface area contributed by atoms with E-state index >= 15 is 0 Å². The maximum absolute atomic E-state index is 8.07. The average Bonchev–Trinajstić information content (AvgIpc) is 3.00. The van der Waals surface area contributed by atoms with E-state index in [2.05, 4.69) is 38.7 Å². The number of aliphatic imine (C=N–C) groups is 1. The molecule has 0 bridgehead atoms. The molecular formula is C20H25N5O. The number of hydrogen-bond acceptors (Lipinski definition) is 4. The minimum atomic E-state index is 0.147. The van der Waals surface area contributed by atoms with Gasteiger partial charge in [0, 0.05) is 50.0 Å². The van der Waals surface area contributed by atoms with Gasteiger partial charge in [-0.05, 0) is 29.8 Å². The molecular weight excluding hydrogens is 326 g/mol. The monoisotopic (exact) mass is 351 g/mol. The fourth-order valence-electron chi connectivity index (χ4n) is 2.74. The summed E-state index contributed by atoms with van der Waals surface area (Å²) in [5, 5.41) is 13.5. The third kappa shape index (κ3) is 4.28. The maximum atomic E-state index is 8.07. The number of benzene rings is 1. The summed E-state index contributed by atoms with van der Waals surface area (Å²) in [6, 6.07) is 10.1. The SMILES string of the molecule is C/C=c1/ccn(Cc2ccc(C(=N)NOC3CNC3)cc2)/c1=C/C=N/C. The molecule has 3 N–H and O–H groups in total. The number of aromatic nitrogens is 1. The average molecular weight is 351 g/mol. The number of nitrogens with zero attached hydrogens (tertiary/aromatic N) is 2. The smallest absolute Gasteiger partial charge is 0.149 e. The van der Waals surface area contributed by atoms with Gasteiger partial charge in [0.1, 0.15) is 11.9 Å². The molecule has 26 heavy (non-hydrogen) atoms. The van der Waals surface area contributed by atoms with Gasteiger partial charge in [0.25, 0.3) is 0 Å². The van der Waals surface area contributed by atoms with E-state index in [1.165, 1.54) is 10.8 Å². The van der Waals surface area contributed by atoms with Crippen LogP contribution in [0, 0.1) is 5.41 Å². The summed E-state index contributed by atoms with van der Waals surface area (Å²) in [5.41, 5.74) is 4.71. The van der Waals surface area contributed by atoms with E-state index in [1.807, 2.05) is 43.5 Å². The van der Waals surface area contributed by atoms with Crippen LogP contribution < -0.4 is 21.4 Å². The van der Waals surface area contributed by atoms with Gasteiger partial charge in [-0.2, -0.15) is 0 Å². The first-order valence-electron chi connectivity index (χ1n) is 8.75. The molecule has 1 aromatic carbocycles.